The molecule has 0 saturated carbocycles. The van der Waals surface area contributed by atoms with E-state index in [2.05, 4.69) is 16.7 Å². The molecule has 0 heterocycles. The lowest BCUT2D eigenvalue weighted by Gasteiger charge is -2.16. The van der Waals surface area contributed by atoms with Gasteiger partial charge in [0.15, 0.2) is 5.78 Å². The molecular weight excluding hydrogens is 352 g/mol. The smallest absolute Gasteiger partial charge is 0.224 e. The second-order valence-electron chi connectivity index (χ2n) is 7.32. The van der Waals surface area contributed by atoms with E-state index in [0.29, 0.717) is 16.9 Å². The second-order valence-corrected chi connectivity index (χ2v) is 7.32. The lowest BCUT2D eigenvalue weighted by molar-refractivity contribution is -0.116. The molecule has 0 unspecified atom stereocenters. The average molecular weight is 378 g/mol. The van der Waals surface area contributed by atoms with Crippen LogP contribution in [-0.4, -0.2) is 17.6 Å². The molecular formula is C23H26N2O3. The monoisotopic (exact) mass is 378 g/mol. The molecule has 0 atom stereocenters. The number of anilines is 2. The highest BCUT2D eigenvalue weighted by Crippen LogP contribution is 2.24. The van der Waals surface area contributed by atoms with Gasteiger partial charge in [-0.25, -0.2) is 0 Å². The van der Waals surface area contributed by atoms with Crippen molar-refractivity contribution in [2.75, 3.05) is 10.6 Å². The lowest BCUT2D eigenvalue weighted by Crippen LogP contribution is -2.15. The summed E-state index contributed by atoms with van der Waals surface area (Å²) in [6.45, 7) is 3.27. The molecule has 2 amide bonds. The van der Waals surface area contributed by atoms with Gasteiger partial charge in [0.05, 0.1) is 0 Å². The number of hydrogen-bond donors (Lipinski definition) is 2. The normalized spacial score (nSPS) is 12.8. The number of nitrogens with one attached hydrogen (secondary N) is 2. The van der Waals surface area contributed by atoms with E-state index in [1.807, 2.05) is 19.1 Å². The van der Waals surface area contributed by atoms with Crippen LogP contribution in [0.4, 0.5) is 11.4 Å². The van der Waals surface area contributed by atoms with Gasteiger partial charge in [0.1, 0.15) is 0 Å². The Morgan fingerprint density at radius 3 is 2.29 bits per heavy atom. The summed E-state index contributed by atoms with van der Waals surface area (Å²) in [6, 6.07) is 11.3. The van der Waals surface area contributed by atoms with E-state index < -0.39 is 0 Å². The van der Waals surface area contributed by atoms with Crippen LogP contribution in [-0.2, 0) is 22.4 Å². The molecule has 0 fully saturated rings. The van der Waals surface area contributed by atoms with E-state index in [1.54, 1.807) is 18.2 Å². The fraction of sp³-hybridized carbons (Fsp3) is 0.348. The molecule has 1 aliphatic rings. The highest BCUT2D eigenvalue weighted by atomic mass is 16.2. The van der Waals surface area contributed by atoms with Crippen LogP contribution in [0, 0.1) is 6.92 Å². The first-order valence-electron chi connectivity index (χ1n) is 9.76. The molecule has 0 bridgehead atoms. The zero-order valence-electron chi connectivity index (χ0n) is 16.4. The molecule has 146 valence electrons. The molecule has 5 heteroatoms. The van der Waals surface area contributed by atoms with Crippen LogP contribution in [0.15, 0.2) is 36.4 Å². The summed E-state index contributed by atoms with van der Waals surface area (Å²) in [5, 5.41) is 5.58. The van der Waals surface area contributed by atoms with Crippen molar-refractivity contribution in [3.63, 3.8) is 0 Å². The average Bonchev–Trinajstić information content (AvgIpc) is 2.68. The quantitative estimate of drug-likeness (QED) is 0.730. The first kappa shape index (κ1) is 19.8. The SMILES string of the molecule is CC(=O)Nc1cccc(NC(=O)CCC(=O)c2ccc3c(c2)CCCC3)c1C. The Morgan fingerprint density at radius 1 is 0.893 bits per heavy atom. The van der Waals surface area contributed by atoms with Crippen molar-refractivity contribution < 1.29 is 14.4 Å². The van der Waals surface area contributed by atoms with Crippen LogP contribution in [0.1, 0.15) is 59.7 Å². The first-order valence-corrected chi connectivity index (χ1v) is 9.76. The largest absolute Gasteiger partial charge is 0.326 e. The minimum Gasteiger partial charge on any atom is -0.326 e. The van der Waals surface area contributed by atoms with Crippen LogP contribution in [0.25, 0.3) is 0 Å². The summed E-state index contributed by atoms with van der Waals surface area (Å²) in [6.07, 6.45) is 4.80. The first-order chi connectivity index (χ1) is 13.4. The van der Waals surface area contributed by atoms with Gasteiger partial charge in [0.2, 0.25) is 11.8 Å². The number of rotatable bonds is 6. The van der Waals surface area contributed by atoms with E-state index in [-0.39, 0.29) is 30.4 Å². The number of carbonyl (C=O) groups is 3. The summed E-state index contributed by atoms with van der Waals surface area (Å²) in [5.41, 5.74) is 5.39. The van der Waals surface area contributed by atoms with E-state index >= 15 is 0 Å². The van der Waals surface area contributed by atoms with E-state index in [1.165, 1.54) is 30.9 Å². The van der Waals surface area contributed by atoms with Crippen molar-refractivity contribution in [3.05, 3.63) is 58.7 Å². The van der Waals surface area contributed by atoms with Crippen molar-refractivity contribution in [3.8, 4) is 0 Å². The van der Waals surface area contributed by atoms with Crippen LogP contribution < -0.4 is 10.6 Å². The predicted octanol–water partition coefficient (Wildman–Crippen LogP) is 4.43. The van der Waals surface area contributed by atoms with Crippen LogP contribution in [0.2, 0.25) is 0 Å². The van der Waals surface area contributed by atoms with Crippen LogP contribution in [0.5, 0.6) is 0 Å². The molecule has 2 aromatic carbocycles. The highest BCUT2D eigenvalue weighted by molar-refractivity contribution is 6.01. The van der Waals surface area contributed by atoms with Crippen molar-refractivity contribution in [1.82, 2.24) is 0 Å². The maximum atomic E-state index is 12.5. The Morgan fingerprint density at radius 2 is 1.57 bits per heavy atom. The molecule has 3 rings (SSSR count). The van der Waals surface area contributed by atoms with Gasteiger partial charge in [-0.3, -0.25) is 14.4 Å². The molecule has 28 heavy (non-hydrogen) atoms. The van der Waals surface area contributed by atoms with Gasteiger partial charge in [-0.1, -0.05) is 18.2 Å². The number of Topliss-reactive ketones (excluding diaryl/α,β-unsaturated/α-hetero) is 1. The van der Waals surface area contributed by atoms with Crippen molar-refractivity contribution in [2.45, 2.75) is 52.4 Å². The Labute approximate surface area is 165 Å². The minimum absolute atomic E-state index is 0.00718. The van der Waals surface area contributed by atoms with Gasteiger partial charge in [-0.2, -0.15) is 0 Å². The summed E-state index contributed by atoms with van der Waals surface area (Å²) in [4.78, 5) is 36.1. The molecule has 0 aromatic heterocycles. The molecule has 0 radical (unpaired) electrons. The van der Waals surface area contributed by atoms with Crippen molar-refractivity contribution in [1.29, 1.82) is 0 Å². The van der Waals surface area contributed by atoms with Gasteiger partial charge in [0.25, 0.3) is 0 Å². The van der Waals surface area contributed by atoms with Crippen LogP contribution in [0.3, 0.4) is 0 Å². The Bertz CT molecular complexity index is 918. The number of hydrogen-bond acceptors (Lipinski definition) is 3. The molecule has 2 N–H and O–H groups in total. The van der Waals surface area contributed by atoms with Gasteiger partial charge < -0.3 is 10.6 Å². The molecule has 2 aromatic rings. The maximum Gasteiger partial charge on any atom is 0.224 e. The van der Waals surface area contributed by atoms with Crippen molar-refractivity contribution >= 4 is 29.0 Å². The van der Waals surface area contributed by atoms with Crippen molar-refractivity contribution in [2.24, 2.45) is 0 Å². The third-order valence-corrected chi connectivity index (χ3v) is 5.17. The summed E-state index contributed by atoms with van der Waals surface area (Å²) < 4.78 is 0. The molecule has 0 saturated heterocycles. The summed E-state index contributed by atoms with van der Waals surface area (Å²) >= 11 is 0. The number of fused-ring (bicyclic) bond motifs is 1. The highest BCUT2D eigenvalue weighted by Gasteiger charge is 2.15. The van der Waals surface area contributed by atoms with E-state index in [9.17, 15) is 14.4 Å². The van der Waals surface area contributed by atoms with E-state index in [4.69, 9.17) is 0 Å². The Balaban J connectivity index is 1.58. The van der Waals surface area contributed by atoms with Gasteiger partial charge in [0, 0.05) is 36.7 Å². The number of amides is 2. The van der Waals surface area contributed by atoms with Gasteiger partial charge in [-0.05, 0) is 67.5 Å². The summed E-state index contributed by atoms with van der Waals surface area (Å²) in [5.74, 6) is -0.385. The second kappa shape index (κ2) is 8.83. The fourth-order valence-corrected chi connectivity index (χ4v) is 3.59. The predicted molar refractivity (Wildman–Crippen MR) is 111 cm³/mol. The minimum atomic E-state index is -0.214. The Hall–Kier alpha value is -2.95. The third kappa shape index (κ3) is 4.85. The lowest BCUT2D eigenvalue weighted by atomic mass is 9.89. The summed E-state index contributed by atoms with van der Waals surface area (Å²) in [7, 11) is 0. The van der Waals surface area contributed by atoms with Crippen LogP contribution >= 0.6 is 0 Å². The maximum absolute atomic E-state index is 12.5. The molecule has 0 aliphatic heterocycles. The van der Waals surface area contributed by atoms with Gasteiger partial charge in [-0.15, -0.1) is 0 Å². The molecule has 5 nitrogen and oxygen atoms in total. The van der Waals surface area contributed by atoms with E-state index in [0.717, 1.165) is 18.4 Å². The fourth-order valence-electron chi connectivity index (χ4n) is 3.59. The zero-order valence-corrected chi connectivity index (χ0v) is 16.4. The third-order valence-electron chi connectivity index (χ3n) is 5.17. The number of ketones is 1. The Kier molecular flexibility index (Phi) is 6.24. The zero-order chi connectivity index (χ0) is 20.1. The standard InChI is InChI=1S/C23H26N2O3/c1-15-20(24-16(2)26)8-5-9-21(15)25-23(28)13-12-22(27)19-11-10-17-6-3-4-7-18(17)14-19/h5,8-11,14H,3-4,6-7,12-13H2,1-2H3,(H,24,26)(H,25,28). The molecule has 1 aliphatic carbocycles. The molecule has 0 spiro atoms. The van der Waals surface area contributed by atoms with Gasteiger partial charge >= 0.3 is 0 Å². The number of aryl methyl sites for hydroxylation is 2. The number of benzene rings is 2. The topological polar surface area (TPSA) is 75.3 Å². The number of carbonyl (C=O) groups excluding carboxylic acids is 3.